The van der Waals surface area contributed by atoms with E-state index in [0.717, 1.165) is 31.0 Å². The topological polar surface area (TPSA) is 41.2 Å². The van der Waals surface area contributed by atoms with Crippen molar-refractivity contribution in [2.24, 2.45) is 0 Å². The normalized spacial score (nSPS) is 10.8. The molecule has 1 aromatic carbocycles. The van der Waals surface area contributed by atoms with E-state index in [9.17, 15) is 0 Å². The molecule has 4 heteroatoms. The minimum absolute atomic E-state index is 0.684. The van der Waals surface area contributed by atoms with Gasteiger partial charge in [-0.05, 0) is 43.7 Å². The second kappa shape index (κ2) is 7.64. The van der Waals surface area contributed by atoms with Gasteiger partial charge in [0, 0.05) is 25.0 Å². The zero-order valence-corrected chi connectivity index (χ0v) is 12.8. The molecule has 0 radical (unpaired) electrons. The van der Waals surface area contributed by atoms with E-state index in [2.05, 4.69) is 46.9 Å². The summed E-state index contributed by atoms with van der Waals surface area (Å²) in [7, 11) is 2.10. The summed E-state index contributed by atoms with van der Waals surface area (Å²) in [6, 6.07) is 8.39. The van der Waals surface area contributed by atoms with E-state index < -0.39 is 0 Å². The quantitative estimate of drug-likeness (QED) is 0.757. The maximum atomic E-state index is 5.66. The second-order valence-corrected chi connectivity index (χ2v) is 5.12. The van der Waals surface area contributed by atoms with Crippen molar-refractivity contribution in [3.8, 4) is 5.75 Å². The van der Waals surface area contributed by atoms with Crippen LogP contribution >= 0.6 is 0 Å². The molecule has 0 unspecified atom stereocenters. The molecule has 1 aromatic heterocycles. The van der Waals surface area contributed by atoms with Crippen LogP contribution in [0.1, 0.15) is 23.7 Å². The SMILES string of the molecule is C=CCc1cc(CN(C)Cc2ccn[nH]2)ccc1OCC. The largest absolute Gasteiger partial charge is 0.494 e. The molecule has 0 aliphatic heterocycles. The molecule has 0 bridgehead atoms. The number of rotatable bonds is 8. The number of ether oxygens (including phenoxy) is 1. The Kier molecular flexibility index (Phi) is 5.58. The Morgan fingerprint density at radius 2 is 2.19 bits per heavy atom. The highest BCUT2D eigenvalue weighted by molar-refractivity contribution is 5.38. The molecule has 21 heavy (non-hydrogen) atoms. The lowest BCUT2D eigenvalue weighted by molar-refractivity contribution is 0.313. The molecule has 2 aromatic rings. The highest BCUT2D eigenvalue weighted by Gasteiger charge is 2.07. The number of hydrogen-bond donors (Lipinski definition) is 1. The Morgan fingerprint density at radius 1 is 1.33 bits per heavy atom. The van der Waals surface area contributed by atoms with E-state index in [1.165, 1.54) is 11.1 Å². The maximum absolute atomic E-state index is 5.66. The number of H-pyrrole nitrogens is 1. The van der Waals surface area contributed by atoms with Crippen LogP contribution in [0.15, 0.2) is 43.1 Å². The lowest BCUT2D eigenvalue weighted by atomic mass is 10.1. The van der Waals surface area contributed by atoms with Gasteiger partial charge in [-0.2, -0.15) is 5.10 Å². The standard InChI is InChI=1S/C17H23N3O/c1-4-6-15-11-14(7-8-17(15)21-5-2)12-20(3)13-16-9-10-18-19-16/h4,7-11H,1,5-6,12-13H2,2-3H3,(H,18,19). The van der Waals surface area contributed by atoms with Gasteiger partial charge in [-0.1, -0.05) is 18.2 Å². The summed E-state index contributed by atoms with van der Waals surface area (Å²) in [6.07, 6.45) is 4.52. The van der Waals surface area contributed by atoms with E-state index in [0.29, 0.717) is 6.61 Å². The van der Waals surface area contributed by atoms with E-state index in [-0.39, 0.29) is 0 Å². The number of hydrogen-bond acceptors (Lipinski definition) is 3. The summed E-state index contributed by atoms with van der Waals surface area (Å²) in [5.74, 6) is 0.956. The van der Waals surface area contributed by atoms with Crippen molar-refractivity contribution in [1.82, 2.24) is 15.1 Å². The molecular formula is C17H23N3O. The van der Waals surface area contributed by atoms with E-state index in [4.69, 9.17) is 4.74 Å². The summed E-state index contributed by atoms with van der Waals surface area (Å²) in [5.41, 5.74) is 3.59. The van der Waals surface area contributed by atoms with Crippen LogP contribution in [0.4, 0.5) is 0 Å². The fraction of sp³-hybridized carbons (Fsp3) is 0.353. The van der Waals surface area contributed by atoms with Crippen molar-refractivity contribution >= 4 is 0 Å². The lowest BCUT2D eigenvalue weighted by Crippen LogP contribution is -2.17. The van der Waals surface area contributed by atoms with E-state index in [1.54, 1.807) is 6.20 Å². The van der Waals surface area contributed by atoms with Crippen molar-refractivity contribution < 1.29 is 4.74 Å². The van der Waals surface area contributed by atoms with Crippen molar-refractivity contribution in [2.45, 2.75) is 26.4 Å². The van der Waals surface area contributed by atoms with Crippen LogP contribution < -0.4 is 4.74 Å². The Labute approximate surface area is 126 Å². The predicted octanol–water partition coefficient (Wildman–Crippen LogP) is 3.17. The van der Waals surface area contributed by atoms with E-state index in [1.807, 2.05) is 19.1 Å². The third-order valence-corrected chi connectivity index (χ3v) is 3.24. The molecule has 0 fully saturated rings. The molecule has 0 spiro atoms. The first kappa shape index (κ1) is 15.3. The average molecular weight is 285 g/mol. The molecule has 1 N–H and O–H groups in total. The van der Waals surface area contributed by atoms with Gasteiger partial charge in [0.15, 0.2) is 0 Å². The number of aromatic amines is 1. The van der Waals surface area contributed by atoms with Gasteiger partial charge in [0.1, 0.15) is 5.75 Å². The Morgan fingerprint density at radius 3 is 2.86 bits per heavy atom. The third kappa shape index (κ3) is 4.46. The van der Waals surface area contributed by atoms with Gasteiger partial charge in [-0.3, -0.25) is 10.00 Å². The zero-order chi connectivity index (χ0) is 15.1. The summed E-state index contributed by atoms with van der Waals surface area (Å²) in [5, 5.41) is 6.96. The van der Waals surface area contributed by atoms with Crippen molar-refractivity contribution in [2.75, 3.05) is 13.7 Å². The summed E-state index contributed by atoms with van der Waals surface area (Å²) in [4.78, 5) is 2.25. The highest BCUT2D eigenvalue weighted by atomic mass is 16.5. The van der Waals surface area contributed by atoms with Crippen LogP contribution in [0.3, 0.4) is 0 Å². The van der Waals surface area contributed by atoms with Gasteiger partial charge in [0.05, 0.1) is 6.61 Å². The number of nitrogens with one attached hydrogen (secondary N) is 1. The molecular weight excluding hydrogens is 262 g/mol. The lowest BCUT2D eigenvalue weighted by Gasteiger charge is -2.17. The monoisotopic (exact) mass is 285 g/mol. The molecule has 0 atom stereocenters. The molecule has 112 valence electrons. The molecule has 2 rings (SSSR count). The van der Waals surface area contributed by atoms with Crippen molar-refractivity contribution in [3.63, 3.8) is 0 Å². The van der Waals surface area contributed by atoms with Crippen LogP contribution in [-0.2, 0) is 19.5 Å². The van der Waals surface area contributed by atoms with Gasteiger partial charge in [0.2, 0.25) is 0 Å². The van der Waals surface area contributed by atoms with Crippen molar-refractivity contribution in [3.05, 3.63) is 59.9 Å². The second-order valence-electron chi connectivity index (χ2n) is 5.12. The van der Waals surface area contributed by atoms with Gasteiger partial charge in [-0.25, -0.2) is 0 Å². The maximum Gasteiger partial charge on any atom is 0.122 e. The number of benzene rings is 1. The van der Waals surface area contributed by atoms with Gasteiger partial charge >= 0.3 is 0 Å². The summed E-state index contributed by atoms with van der Waals surface area (Å²) >= 11 is 0. The van der Waals surface area contributed by atoms with Crippen molar-refractivity contribution in [1.29, 1.82) is 0 Å². The highest BCUT2D eigenvalue weighted by Crippen LogP contribution is 2.22. The Bertz CT molecular complexity index is 563. The van der Waals surface area contributed by atoms with Crippen LogP contribution in [0, 0.1) is 0 Å². The van der Waals surface area contributed by atoms with Crippen LogP contribution in [0.25, 0.3) is 0 Å². The predicted molar refractivity (Wildman–Crippen MR) is 85.3 cm³/mol. The third-order valence-electron chi connectivity index (χ3n) is 3.24. The molecule has 0 saturated heterocycles. The zero-order valence-electron chi connectivity index (χ0n) is 12.8. The smallest absolute Gasteiger partial charge is 0.122 e. The van der Waals surface area contributed by atoms with E-state index >= 15 is 0 Å². The average Bonchev–Trinajstić information content (AvgIpc) is 2.95. The van der Waals surface area contributed by atoms with Crippen LogP contribution in [0.2, 0.25) is 0 Å². The minimum Gasteiger partial charge on any atom is -0.494 e. The molecule has 4 nitrogen and oxygen atoms in total. The Hall–Kier alpha value is -2.07. The first-order valence-corrected chi connectivity index (χ1v) is 7.25. The number of aromatic nitrogens is 2. The van der Waals surface area contributed by atoms with Gasteiger partial charge in [-0.15, -0.1) is 6.58 Å². The fourth-order valence-electron chi connectivity index (χ4n) is 2.37. The number of allylic oxidation sites excluding steroid dienone is 1. The van der Waals surface area contributed by atoms with Crippen LogP contribution in [-0.4, -0.2) is 28.8 Å². The van der Waals surface area contributed by atoms with Gasteiger partial charge in [0.25, 0.3) is 0 Å². The molecule has 0 aliphatic rings. The fourth-order valence-corrected chi connectivity index (χ4v) is 2.37. The van der Waals surface area contributed by atoms with Crippen LogP contribution in [0.5, 0.6) is 5.75 Å². The molecule has 0 aliphatic carbocycles. The van der Waals surface area contributed by atoms with Gasteiger partial charge < -0.3 is 4.74 Å². The first-order valence-electron chi connectivity index (χ1n) is 7.25. The summed E-state index contributed by atoms with van der Waals surface area (Å²) < 4.78 is 5.66. The summed E-state index contributed by atoms with van der Waals surface area (Å²) in [6.45, 7) is 8.24. The number of nitrogens with zero attached hydrogens (tertiary/aromatic N) is 2. The minimum atomic E-state index is 0.684. The molecule has 1 heterocycles. The molecule has 0 amide bonds. The molecule has 0 saturated carbocycles. The Balaban J connectivity index is 2.05. The first-order chi connectivity index (χ1) is 10.2.